The molecule has 0 bridgehead atoms. The molecule has 92 valence electrons. The van der Waals surface area contributed by atoms with E-state index < -0.39 is 6.23 Å². The minimum Gasteiger partial charge on any atom is -0.433 e. The number of nitrogens with zero attached hydrogens (tertiary/aromatic N) is 1. The number of rotatable bonds is 0. The van der Waals surface area contributed by atoms with Crippen molar-refractivity contribution in [2.45, 2.75) is 6.23 Å². The zero-order valence-electron chi connectivity index (χ0n) is 9.87. The molecule has 1 unspecified atom stereocenters. The van der Waals surface area contributed by atoms with Crippen LogP contribution in [0.2, 0.25) is 0 Å². The highest BCUT2D eigenvalue weighted by atomic mass is 16.6. The van der Waals surface area contributed by atoms with Gasteiger partial charge < -0.3 is 4.74 Å². The number of carbonyl (C=O) groups is 2. The summed E-state index contributed by atoms with van der Waals surface area (Å²) < 4.78 is 5.40. The van der Waals surface area contributed by atoms with E-state index in [9.17, 15) is 9.59 Å². The van der Waals surface area contributed by atoms with Gasteiger partial charge in [0.15, 0.2) is 0 Å². The van der Waals surface area contributed by atoms with Crippen LogP contribution in [0.15, 0.2) is 48.5 Å². The summed E-state index contributed by atoms with van der Waals surface area (Å²) in [7, 11) is 0. The Kier molecular flexibility index (Phi) is 1.87. The highest BCUT2D eigenvalue weighted by Crippen LogP contribution is 2.43. The zero-order valence-corrected chi connectivity index (χ0v) is 9.87. The van der Waals surface area contributed by atoms with Gasteiger partial charge in [0.1, 0.15) is 0 Å². The molecule has 0 fully saturated rings. The van der Waals surface area contributed by atoms with Crippen LogP contribution in [0, 0.1) is 0 Å². The molecule has 0 aromatic heterocycles. The maximum Gasteiger partial charge on any atom is 0.342 e. The highest BCUT2D eigenvalue weighted by Gasteiger charge is 2.44. The molecular formula is C15H9NO3. The predicted octanol–water partition coefficient (Wildman–Crippen LogP) is 2.52. The van der Waals surface area contributed by atoms with Crippen molar-refractivity contribution in [1.82, 2.24) is 0 Å². The highest BCUT2D eigenvalue weighted by molar-refractivity contribution is 6.15. The quantitative estimate of drug-likeness (QED) is 0.676. The van der Waals surface area contributed by atoms with Gasteiger partial charge in [-0.1, -0.05) is 30.3 Å². The summed E-state index contributed by atoms with van der Waals surface area (Å²) in [6.45, 7) is 0. The van der Waals surface area contributed by atoms with Gasteiger partial charge in [-0.25, -0.2) is 4.79 Å². The molecule has 1 amide bonds. The average molecular weight is 251 g/mol. The fourth-order valence-corrected chi connectivity index (χ4v) is 2.66. The molecule has 2 heterocycles. The lowest BCUT2D eigenvalue weighted by atomic mass is 10.1. The van der Waals surface area contributed by atoms with Gasteiger partial charge in [0.2, 0.25) is 6.23 Å². The second-order valence-electron chi connectivity index (χ2n) is 4.54. The van der Waals surface area contributed by atoms with Gasteiger partial charge in [-0.05, 0) is 18.2 Å². The maximum atomic E-state index is 12.4. The first-order chi connectivity index (χ1) is 9.27. The molecule has 0 radical (unpaired) electrons. The topological polar surface area (TPSA) is 46.6 Å². The van der Waals surface area contributed by atoms with Crippen LogP contribution in [-0.2, 0) is 4.74 Å². The standard InChI is InChI=1S/C15H9NO3/c17-13-9-5-1-2-6-10(9)14-16(13)12-8-4-3-7-11(12)15(18)19-14/h1-8,14H. The summed E-state index contributed by atoms with van der Waals surface area (Å²) in [6, 6.07) is 14.2. The van der Waals surface area contributed by atoms with Crippen LogP contribution in [0.1, 0.15) is 32.5 Å². The van der Waals surface area contributed by atoms with E-state index in [2.05, 4.69) is 0 Å². The molecule has 0 spiro atoms. The molecule has 4 heteroatoms. The molecule has 4 rings (SSSR count). The van der Waals surface area contributed by atoms with Gasteiger partial charge in [0, 0.05) is 11.1 Å². The number of ether oxygens (including phenoxy) is 1. The van der Waals surface area contributed by atoms with Crippen molar-refractivity contribution in [2.75, 3.05) is 4.90 Å². The molecule has 0 saturated carbocycles. The van der Waals surface area contributed by atoms with Gasteiger partial charge in [-0.15, -0.1) is 0 Å². The fourth-order valence-electron chi connectivity index (χ4n) is 2.66. The van der Waals surface area contributed by atoms with Gasteiger partial charge in [-0.3, -0.25) is 9.69 Å². The number of hydrogen-bond acceptors (Lipinski definition) is 3. The van der Waals surface area contributed by atoms with Crippen molar-refractivity contribution < 1.29 is 14.3 Å². The average Bonchev–Trinajstić information content (AvgIpc) is 2.73. The lowest BCUT2D eigenvalue weighted by molar-refractivity contribution is 0.0273. The van der Waals surface area contributed by atoms with E-state index in [0.717, 1.165) is 5.56 Å². The molecule has 2 aliphatic rings. The number of benzene rings is 2. The van der Waals surface area contributed by atoms with Crippen LogP contribution < -0.4 is 4.90 Å². The first-order valence-electron chi connectivity index (χ1n) is 6.00. The lowest BCUT2D eigenvalue weighted by Gasteiger charge is -2.31. The van der Waals surface area contributed by atoms with Crippen molar-refractivity contribution in [1.29, 1.82) is 0 Å². The van der Waals surface area contributed by atoms with Crippen LogP contribution in [0.5, 0.6) is 0 Å². The van der Waals surface area contributed by atoms with Gasteiger partial charge in [0.25, 0.3) is 5.91 Å². The summed E-state index contributed by atoms with van der Waals surface area (Å²) in [5.74, 6) is -0.512. The third-order valence-corrected chi connectivity index (χ3v) is 3.51. The fraction of sp³-hybridized carbons (Fsp3) is 0.0667. The molecule has 2 aromatic carbocycles. The van der Waals surface area contributed by atoms with Crippen molar-refractivity contribution in [3.63, 3.8) is 0 Å². The normalized spacial score (nSPS) is 19.6. The Balaban J connectivity index is 1.97. The van der Waals surface area contributed by atoms with E-state index >= 15 is 0 Å². The summed E-state index contributed by atoms with van der Waals surface area (Å²) in [5.41, 5.74) is 2.39. The van der Waals surface area contributed by atoms with E-state index in [4.69, 9.17) is 4.74 Å². The number of amides is 1. The molecule has 19 heavy (non-hydrogen) atoms. The van der Waals surface area contributed by atoms with E-state index in [1.807, 2.05) is 24.3 Å². The monoisotopic (exact) mass is 251 g/mol. The van der Waals surface area contributed by atoms with Gasteiger partial charge in [-0.2, -0.15) is 0 Å². The van der Waals surface area contributed by atoms with Crippen LogP contribution in [0.25, 0.3) is 0 Å². The lowest BCUT2D eigenvalue weighted by Crippen LogP contribution is -2.36. The molecule has 0 aliphatic carbocycles. The molecule has 1 atom stereocenters. The number of anilines is 1. The predicted molar refractivity (Wildman–Crippen MR) is 67.9 cm³/mol. The van der Waals surface area contributed by atoms with Gasteiger partial charge in [0.05, 0.1) is 11.3 Å². The van der Waals surface area contributed by atoms with Crippen molar-refractivity contribution >= 4 is 17.6 Å². The molecule has 2 aliphatic heterocycles. The van der Waals surface area contributed by atoms with E-state index in [-0.39, 0.29) is 11.9 Å². The Bertz CT molecular complexity index is 723. The number of para-hydroxylation sites is 1. The maximum absolute atomic E-state index is 12.4. The summed E-state index contributed by atoms with van der Waals surface area (Å²) in [5, 5.41) is 0. The first kappa shape index (κ1) is 10.3. The number of fused-ring (bicyclic) bond motifs is 5. The molecule has 0 N–H and O–H groups in total. The molecule has 2 aromatic rings. The van der Waals surface area contributed by atoms with E-state index in [0.29, 0.717) is 16.8 Å². The number of carbonyl (C=O) groups excluding carboxylic acids is 2. The van der Waals surface area contributed by atoms with Crippen LogP contribution in [0.4, 0.5) is 5.69 Å². The van der Waals surface area contributed by atoms with Crippen LogP contribution >= 0.6 is 0 Å². The Morgan fingerprint density at radius 2 is 1.58 bits per heavy atom. The second-order valence-corrected chi connectivity index (χ2v) is 4.54. The zero-order chi connectivity index (χ0) is 13.0. The Hall–Kier alpha value is -2.62. The number of esters is 1. The van der Waals surface area contributed by atoms with Gasteiger partial charge >= 0.3 is 5.97 Å². The summed E-state index contributed by atoms with van der Waals surface area (Å²) >= 11 is 0. The summed E-state index contributed by atoms with van der Waals surface area (Å²) in [4.78, 5) is 26.0. The second kappa shape index (κ2) is 3.45. The Morgan fingerprint density at radius 3 is 2.42 bits per heavy atom. The largest absolute Gasteiger partial charge is 0.433 e. The SMILES string of the molecule is O=C1OC2c3ccccc3C(=O)N2c2ccccc21. The third-order valence-electron chi connectivity index (χ3n) is 3.51. The van der Waals surface area contributed by atoms with Crippen molar-refractivity contribution in [3.8, 4) is 0 Å². The minimum atomic E-state index is -0.633. The molecule has 4 nitrogen and oxygen atoms in total. The molecular weight excluding hydrogens is 242 g/mol. The smallest absolute Gasteiger partial charge is 0.342 e. The van der Waals surface area contributed by atoms with Crippen molar-refractivity contribution in [3.05, 3.63) is 65.2 Å². The Morgan fingerprint density at radius 1 is 0.895 bits per heavy atom. The summed E-state index contributed by atoms with van der Waals surface area (Å²) in [6.07, 6.45) is -0.633. The van der Waals surface area contributed by atoms with Crippen molar-refractivity contribution in [2.24, 2.45) is 0 Å². The number of hydrogen-bond donors (Lipinski definition) is 0. The van der Waals surface area contributed by atoms with E-state index in [1.165, 1.54) is 0 Å². The van der Waals surface area contributed by atoms with Crippen LogP contribution in [-0.4, -0.2) is 11.9 Å². The third kappa shape index (κ3) is 1.23. The van der Waals surface area contributed by atoms with Crippen LogP contribution in [0.3, 0.4) is 0 Å². The minimum absolute atomic E-state index is 0.124. The first-order valence-corrected chi connectivity index (χ1v) is 6.00. The van der Waals surface area contributed by atoms with E-state index in [1.54, 1.807) is 29.2 Å². The Labute approximate surface area is 109 Å². The molecule has 0 saturated heterocycles.